The molecule has 0 saturated carbocycles. The van der Waals surface area contributed by atoms with Crippen molar-refractivity contribution in [1.29, 1.82) is 0 Å². The fraction of sp³-hybridized carbons (Fsp3) is 0.364. The van der Waals surface area contributed by atoms with Crippen molar-refractivity contribution in [2.24, 2.45) is 5.73 Å². The van der Waals surface area contributed by atoms with Crippen LogP contribution in [-0.2, 0) is 4.79 Å². The molecular weight excluding hydrogens is 176 g/mol. The maximum Gasteiger partial charge on any atom is 0.231 e. The van der Waals surface area contributed by atoms with E-state index in [0.717, 1.165) is 0 Å². The third-order valence-electron chi connectivity index (χ3n) is 2.12. The first kappa shape index (κ1) is 10.7. The second-order valence-electron chi connectivity index (χ2n) is 3.48. The summed E-state index contributed by atoms with van der Waals surface area (Å²) in [6.07, 6.45) is 0. The summed E-state index contributed by atoms with van der Waals surface area (Å²) in [4.78, 5) is 10.6. The molecule has 1 aromatic carbocycles. The van der Waals surface area contributed by atoms with E-state index >= 15 is 0 Å². The van der Waals surface area contributed by atoms with E-state index < -0.39 is 0 Å². The molecule has 0 bridgehead atoms. The molecule has 0 saturated heterocycles. The number of carbonyl (C=O) groups excluding carboxylic acids is 1. The Bertz CT molecular complexity index is 323. The Morgan fingerprint density at radius 3 is 2.86 bits per heavy atom. The van der Waals surface area contributed by atoms with Crippen LogP contribution >= 0.6 is 0 Å². The smallest absolute Gasteiger partial charge is 0.231 e. The second-order valence-corrected chi connectivity index (χ2v) is 3.48. The van der Waals surface area contributed by atoms with Gasteiger partial charge in [0.25, 0.3) is 0 Å². The van der Waals surface area contributed by atoms with Gasteiger partial charge in [-0.1, -0.05) is 29.8 Å². The van der Waals surface area contributed by atoms with Crippen molar-refractivity contribution >= 4 is 5.91 Å². The van der Waals surface area contributed by atoms with E-state index in [0.29, 0.717) is 0 Å². The second kappa shape index (κ2) is 4.77. The lowest BCUT2D eigenvalue weighted by atomic mass is 10.1. The van der Waals surface area contributed by atoms with Crippen LogP contribution in [0.4, 0.5) is 0 Å². The zero-order chi connectivity index (χ0) is 10.6. The summed E-state index contributed by atoms with van der Waals surface area (Å²) in [7, 11) is 0. The average Bonchev–Trinajstić information content (AvgIpc) is 2.14. The lowest BCUT2D eigenvalue weighted by molar-refractivity contribution is -0.117. The van der Waals surface area contributed by atoms with Crippen LogP contribution in [0.15, 0.2) is 24.3 Å². The number of aryl methyl sites for hydroxylation is 1. The fourth-order valence-corrected chi connectivity index (χ4v) is 1.31. The monoisotopic (exact) mass is 192 g/mol. The first-order valence-corrected chi connectivity index (χ1v) is 4.68. The highest BCUT2D eigenvalue weighted by Crippen LogP contribution is 2.12. The molecule has 0 fully saturated rings. The summed E-state index contributed by atoms with van der Waals surface area (Å²) in [5.41, 5.74) is 7.44. The lowest BCUT2D eigenvalue weighted by Crippen LogP contribution is -2.30. The molecule has 1 aromatic rings. The predicted octanol–water partition coefficient (Wildman–Crippen LogP) is 1.13. The number of rotatable bonds is 4. The summed E-state index contributed by atoms with van der Waals surface area (Å²) in [5, 5.41) is 3.05. The number of carbonyl (C=O) groups is 1. The van der Waals surface area contributed by atoms with Gasteiger partial charge in [0, 0.05) is 6.04 Å². The predicted molar refractivity (Wildman–Crippen MR) is 56.8 cm³/mol. The maximum atomic E-state index is 10.6. The van der Waals surface area contributed by atoms with Gasteiger partial charge in [0.15, 0.2) is 0 Å². The van der Waals surface area contributed by atoms with Crippen LogP contribution < -0.4 is 11.1 Å². The van der Waals surface area contributed by atoms with Crippen LogP contribution in [0.25, 0.3) is 0 Å². The van der Waals surface area contributed by atoms with Crippen LogP contribution in [0.1, 0.15) is 24.1 Å². The van der Waals surface area contributed by atoms with Crippen molar-refractivity contribution in [2.45, 2.75) is 19.9 Å². The minimum Gasteiger partial charge on any atom is -0.369 e. The Hall–Kier alpha value is -1.35. The summed E-state index contributed by atoms with van der Waals surface area (Å²) < 4.78 is 0. The van der Waals surface area contributed by atoms with Gasteiger partial charge in [-0.05, 0) is 19.4 Å². The highest BCUT2D eigenvalue weighted by atomic mass is 16.1. The molecule has 3 nitrogen and oxygen atoms in total. The van der Waals surface area contributed by atoms with Crippen molar-refractivity contribution in [3.8, 4) is 0 Å². The lowest BCUT2D eigenvalue weighted by Gasteiger charge is -2.13. The van der Waals surface area contributed by atoms with Crippen LogP contribution in [0.5, 0.6) is 0 Å². The normalized spacial score (nSPS) is 12.4. The van der Waals surface area contributed by atoms with E-state index in [1.54, 1.807) is 0 Å². The topological polar surface area (TPSA) is 55.1 Å². The molecule has 0 heterocycles. The van der Waals surface area contributed by atoms with Crippen molar-refractivity contribution in [1.82, 2.24) is 5.32 Å². The molecule has 0 unspecified atom stereocenters. The molecule has 0 aliphatic heterocycles. The average molecular weight is 192 g/mol. The van der Waals surface area contributed by atoms with Gasteiger partial charge in [0.1, 0.15) is 0 Å². The van der Waals surface area contributed by atoms with Crippen molar-refractivity contribution in [3.05, 3.63) is 35.4 Å². The number of hydrogen-bond donors (Lipinski definition) is 2. The zero-order valence-corrected chi connectivity index (χ0v) is 8.58. The molecule has 3 heteroatoms. The van der Waals surface area contributed by atoms with Crippen LogP contribution in [0.2, 0.25) is 0 Å². The largest absolute Gasteiger partial charge is 0.369 e. The van der Waals surface area contributed by atoms with Crippen LogP contribution in [0, 0.1) is 6.92 Å². The molecule has 0 radical (unpaired) electrons. The van der Waals surface area contributed by atoms with Crippen LogP contribution in [0.3, 0.4) is 0 Å². The maximum absolute atomic E-state index is 10.6. The van der Waals surface area contributed by atoms with E-state index in [2.05, 4.69) is 11.4 Å². The van der Waals surface area contributed by atoms with Crippen molar-refractivity contribution < 1.29 is 4.79 Å². The number of benzene rings is 1. The molecule has 1 rings (SSSR count). The summed E-state index contributed by atoms with van der Waals surface area (Å²) in [6, 6.07) is 8.34. The minimum atomic E-state index is -0.329. The van der Waals surface area contributed by atoms with E-state index in [9.17, 15) is 4.79 Å². The van der Waals surface area contributed by atoms with Gasteiger partial charge in [0.05, 0.1) is 6.54 Å². The van der Waals surface area contributed by atoms with Gasteiger partial charge in [-0.25, -0.2) is 0 Å². The Morgan fingerprint density at radius 1 is 1.57 bits per heavy atom. The summed E-state index contributed by atoms with van der Waals surface area (Å²) in [5.74, 6) is -0.329. The Balaban J connectivity index is 2.60. The zero-order valence-electron chi connectivity index (χ0n) is 8.58. The van der Waals surface area contributed by atoms with Gasteiger partial charge in [-0.3, -0.25) is 4.79 Å². The Labute approximate surface area is 84.3 Å². The molecule has 76 valence electrons. The molecule has 0 aliphatic rings. The first-order valence-electron chi connectivity index (χ1n) is 4.68. The van der Waals surface area contributed by atoms with E-state index in [-0.39, 0.29) is 18.5 Å². The standard InChI is InChI=1S/C11H16N2O/c1-8-4-3-5-10(6-8)9(2)13-7-11(12)14/h3-6,9,13H,7H2,1-2H3,(H2,12,14)/t9-/m0/s1. The van der Waals surface area contributed by atoms with Crippen molar-refractivity contribution in [2.75, 3.05) is 6.54 Å². The van der Waals surface area contributed by atoms with Gasteiger partial charge < -0.3 is 11.1 Å². The van der Waals surface area contributed by atoms with Gasteiger partial charge >= 0.3 is 0 Å². The number of nitrogens with two attached hydrogens (primary N) is 1. The Morgan fingerprint density at radius 2 is 2.29 bits per heavy atom. The first-order chi connectivity index (χ1) is 6.59. The summed E-state index contributed by atoms with van der Waals surface area (Å²) in [6.45, 7) is 4.27. The van der Waals surface area contributed by atoms with E-state index in [4.69, 9.17) is 5.73 Å². The Kier molecular flexibility index (Phi) is 3.65. The highest BCUT2D eigenvalue weighted by Gasteiger charge is 2.05. The third-order valence-corrected chi connectivity index (χ3v) is 2.12. The van der Waals surface area contributed by atoms with Gasteiger partial charge in [-0.2, -0.15) is 0 Å². The molecule has 0 spiro atoms. The molecule has 0 aromatic heterocycles. The number of amides is 1. The van der Waals surface area contributed by atoms with E-state index in [1.807, 2.05) is 32.0 Å². The molecule has 14 heavy (non-hydrogen) atoms. The number of hydrogen-bond acceptors (Lipinski definition) is 2. The number of primary amides is 1. The van der Waals surface area contributed by atoms with Gasteiger partial charge in [0.2, 0.25) is 5.91 Å². The highest BCUT2D eigenvalue weighted by molar-refractivity contribution is 5.75. The van der Waals surface area contributed by atoms with Crippen molar-refractivity contribution in [3.63, 3.8) is 0 Å². The third kappa shape index (κ3) is 3.18. The fourth-order valence-electron chi connectivity index (χ4n) is 1.31. The molecule has 1 amide bonds. The SMILES string of the molecule is Cc1cccc([C@H](C)NCC(N)=O)c1. The molecule has 1 atom stereocenters. The number of nitrogens with one attached hydrogen (secondary N) is 1. The molecule has 3 N–H and O–H groups in total. The van der Waals surface area contributed by atoms with Crippen LogP contribution in [-0.4, -0.2) is 12.5 Å². The van der Waals surface area contributed by atoms with E-state index in [1.165, 1.54) is 11.1 Å². The minimum absolute atomic E-state index is 0.155. The van der Waals surface area contributed by atoms with Gasteiger partial charge in [-0.15, -0.1) is 0 Å². The molecule has 0 aliphatic carbocycles. The molecular formula is C11H16N2O. The quantitative estimate of drug-likeness (QED) is 0.751. The summed E-state index contributed by atoms with van der Waals surface area (Å²) >= 11 is 0.